The Morgan fingerprint density at radius 1 is 1.44 bits per heavy atom. The number of hydrogen-bond acceptors (Lipinski definition) is 2. The second-order valence-electron chi connectivity index (χ2n) is 3.98. The predicted molar refractivity (Wildman–Crippen MR) is 70.2 cm³/mol. The molecule has 0 aliphatic rings. The van der Waals surface area contributed by atoms with Crippen LogP contribution in [-0.2, 0) is 4.79 Å². The maximum absolute atomic E-state index is 13.5. The van der Waals surface area contributed by atoms with Crippen LogP contribution in [0.2, 0.25) is 0 Å². The molecular weight excluding hydrogens is 306 g/mol. The number of anilines is 1. The summed E-state index contributed by atoms with van der Waals surface area (Å²) >= 11 is 2.86. The Balaban J connectivity index is 2.72. The Kier molecular flexibility index (Phi) is 5.68. The molecule has 1 aromatic rings. The monoisotopic (exact) mass is 320 g/mol. The van der Waals surface area contributed by atoms with Crippen LogP contribution in [0, 0.1) is 11.6 Å². The van der Waals surface area contributed by atoms with Crippen LogP contribution in [0.1, 0.15) is 26.2 Å². The summed E-state index contributed by atoms with van der Waals surface area (Å²) in [6.45, 7) is 1.98. The van der Waals surface area contributed by atoms with Gasteiger partial charge in [0, 0.05) is 6.07 Å². The van der Waals surface area contributed by atoms with E-state index >= 15 is 0 Å². The summed E-state index contributed by atoms with van der Waals surface area (Å²) < 4.78 is 26.7. The van der Waals surface area contributed by atoms with Crippen LogP contribution in [0.25, 0.3) is 0 Å². The van der Waals surface area contributed by atoms with Crippen molar-refractivity contribution in [1.29, 1.82) is 0 Å². The van der Waals surface area contributed by atoms with Gasteiger partial charge in [-0.1, -0.05) is 19.8 Å². The average molecular weight is 321 g/mol. The summed E-state index contributed by atoms with van der Waals surface area (Å²) in [5, 5.41) is 2.29. The normalized spacial score (nSPS) is 12.3. The smallest absolute Gasteiger partial charge is 0.241 e. The molecule has 0 bridgehead atoms. The van der Waals surface area contributed by atoms with E-state index in [2.05, 4.69) is 21.2 Å². The maximum atomic E-state index is 13.5. The number of amides is 1. The van der Waals surface area contributed by atoms with E-state index in [4.69, 9.17) is 5.73 Å². The van der Waals surface area contributed by atoms with Crippen molar-refractivity contribution < 1.29 is 13.6 Å². The Hall–Kier alpha value is -1.01. The number of hydrogen-bond donors (Lipinski definition) is 2. The van der Waals surface area contributed by atoms with Gasteiger partial charge in [-0.3, -0.25) is 4.79 Å². The van der Waals surface area contributed by atoms with Crippen molar-refractivity contribution in [3.63, 3.8) is 0 Å². The zero-order valence-electron chi connectivity index (χ0n) is 9.97. The van der Waals surface area contributed by atoms with E-state index in [1.54, 1.807) is 0 Å². The molecule has 6 heteroatoms. The molecule has 1 atom stereocenters. The van der Waals surface area contributed by atoms with E-state index in [0.29, 0.717) is 6.42 Å². The van der Waals surface area contributed by atoms with Gasteiger partial charge in [-0.25, -0.2) is 8.78 Å². The van der Waals surface area contributed by atoms with Gasteiger partial charge < -0.3 is 11.1 Å². The standard InChI is InChI=1S/C12H15BrF2N2O/c1-2-3-4-10(16)12(18)17-11-6-8(14)7(13)5-9(11)15/h5-6,10H,2-4,16H2,1H3,(H,17,18). The van der Waals surface area contributed by atoms with Crippen molar-refractivity contribution in [1.82, 2.24) is 0 Å². The van der Waals surface area contributed by atoms with E-state index in [-0.39, 0.29) is 10.2 Å². The van der Waals surface area contributed by atoms with E-state index in [9.17, 15) is 13.6 Å². The highest BCUT2D eigenvalue weighted by Crippen LogP contribution is 2.23. The molecule has 0 radical (unpaired) electrons. The highest BCUT2D eigenvalue weighted by molar-refractivity contribution is 9.10. The summed E-state index contributed by atoms with van der Waals surface area (Å²) in [6, 6.07) is 1.17. The van der Waals surface area contributed by atoms with Crippen LogP contribution in [0.3, 0.4) is 0 Å². The first-order chi connectivity index (χ1) is 8.45. The summed E-state index contributed by atoms with van der Waals surface area (Å²) in [5.74, 6) is -1.86. The minimum Gasteiger partial charge on any atom is -0.322 e. The summed E-state index contributed by atoms with van der Waals surface area (Å²) in [5.41, 5.74) is 5.43. The van der Waals surface area contributed by atoms with E-state index < -0.39 is 23.6 Å². The lowest BCUT2D eigenvalue weighted by atomic mass is 10.1. The predicted octanol–water partition coefficient (Wildman–Crippen LogP) is 3.18. The second kappa shape index (κ2) is 6.80. The van der Waals surface area contributed by atoms with Gasteiger partial charge in [-0.05, 0) is 28.4 Å². The number of carbonyl (C=O) groups is 1. The fraction of sp³-hybridized carbons (Fsp3) is 0.417. The average Bonchev–Trinajstić information content (AvgIpc) is 2.32. The Bertz CT molecular complexity index is 440. The van der Waals surface area contributed by atoms with Crippen LogP contribution in [-0.4, -0.2) is 11.9 Å². The van der Waals surface area contributed by atoms with Crippen LogP contribution in [0.15, 0.2) is 16.6 Å². The number of nitrogens with two attached hydrogens (primary N) is 1. The van der Waals surface area contributed by atoms with Crippen LogP contribution >= 0.6 is 15.9 Å². The lowest BCUT2D eigenvalue weighted by molar-refractivity contribution is -0.117. The Morgan fingerprint density at radius 2 is 2.11 bits per heavy atom. The van der Waals surface area contributed by atoms with Gasteiger partial charge in [0.2, 0.25) is 5.91 Å². The van der Waals surface area contributed by atoms with Gasteiger partial charge in [-0.2, -0.15) is 0 Å². The number of rotatable bonds is 5. The van der Waals surface area contributed by atoms with Gasteiger partial charge >= 0.3 is 0 Å². The molecule has 0 aromatic heterocycles. The van der Waals surface area contributed by atoms with E-state index in [1.165, 1.54) is 0 Å². The third-order valence-electron chi connectivity index (χ3n) is 2.47. The molecule has 0 aliphatic heterocycles. The largest absolute Gasteiger partial charge is 0.322 e. The molecule has 0 aliphatic carbocycles. The van der Waals surface area contributed by atoms with Gasteiger partial charge in [0.05, 0.1) is 16.2 Å². The zero-order chi connectivity index (χ0) is 13.7. The van der Waals surface area contributed by atoms with Crippen LogP contribution < -0.4 is 11.1 Å². The van der Waals surface area contributed by atoms with Gasteiger partial charge in [0.25, 0.3) is 0 Å². The highest BCUT2D eigenvalue weighted by Gasteiger charge is 2.16. The third-order valence-corrected chi connectivity index (χ3v) is 3.08. The second-order valence-corrected chi connectivity index (χ2v) is 4.84. The zero-order valence-corrected chi connectivity index (χ0v) is 11.6. The van der Waals surface area contributed by atoms with Crippen molar-refractivity contribution in [2.75, 3.05) is 5.32 Å². The Morgan fingerprint density at radius 3 is 2.72 bits per heavy atom. The molecule has 1 rings (SSSR count). The lowest BCUT2D eigenvalue weighted by Crippen LogP contribution is -2.35. The van der Waals surface area contributed by atoms with Gasteiger partial charge in [0.1, 0.15) is 11.6 Å². The SMILES string of the molecule is CCCCC(N)C(=O)Nc1cc(F)c(Br)cc1F. The summed E-state index contributed by atoms with van der Waals surface area (Å²) in [7, 11) is 0. The number of unbranched alkanes of at least 4 members (excludes halogenated alkanes) is 1. The topological polar surface area (TPSA) is 55.1 Å². The highest BCUT2D eigenvalue weighted by atomic mass is 79.9. The van der Waals surface area contributed by atoms with Crippen molar-refractivity contribution in [2.24, 2.45) is 5.73 Å². The van der Waals surface area contributed by atoms with Crippen LogP contribution in [0.4, 0.5) is 14.5 Å². The molecule has 0 heterocycles. The molecular formula is C12H15BrF2N2O. The van der Waals surface area contributed by atoms with E-state index in [0.717, 1.165) is 25.0 Å². The molecule has 1 unspecified atom stereocenters. The first kappa shape index (κ1) is 15.0. The van der Waals surface area contributed by atoms with Gasteiger partial charge in [0.15, 0.2) is 0 Å². The van der Waals surface area contributed by atoms with Crippen molar-refractivity contribution >= 4 is 27.5 Å². The molecule has 1 aromatic carbocycles. The number of benzene rings is 1. The minimum absolute atomic E-state index is 0.00767. The fourth-order valence-electron chi connectivity index (χ4n) is 1.40. The molecule has 0 saturated carbocycles. The summed E-state index contributed by atoms with van der Waals surface area (Å²) in [4.78, 5) is 11.6. The Labute approximate surface area is 113 Å². The molecule has 100 valence electrons. The number of carbonyl (C=O) groups excluding carboxylic acids is 1. The minimum atomic E-state index is -0.712. The first-order valence-corrected chi connectivity index (χ1v) is 6.46. The molecule has 3 nitrogen and oxygen atoms in total. The van der Waals surface area contributed by atoms with Crippen molar-refractivity contribution in [3.05, 3.63) is 28.2 Å². The molecule has 0 saturated heterocycles. The summed E-state index contributed by atoms with van der Waals surface area (Å²) in [6.07, 6.45) is 2.25. The van der Waals surface area contributed by atoms with Crippen molar-refractivity contribution in [2.45, 2.75) is 32.2 Å². The van der Waals surface area contributed by atoms with Crippen LogP contribution in [0.5, 0.6) is 0 Å². The fourth-order valence-corrected chi connectivity index (χ4v) is 1.71. The first-order valence-electron chi connectivity index (χ1n) is 5.66. The number of nitrogens with one attached hydrogen (secondary N) is 1. The molecule has 0 spiro atoms. The molecule has 0 fully saturated rings. The molecule has 3 N–H and O–H groups in total. The molecule has 18 heavy (non-hydrogen) atoms. The number of halogens is 3. The quantitative estimate of drug-likeness (QED) is 0.819. The van der Waals surface area contributed by atoms with Crippen molar-refractivity contribution in [3.8, 4) is 0 Å². The molecule has 1 amide bonds. The maximum Gasteiger partial charge on any atom is 0.241 e. The lowest BCUT2D eigenvalue weighted by Gasteiger charge is -2.12. The van der Waals surface area contributed by atoms with Gasteiger partial charge in [-0.15, -0.1) is 0 Å². The van der Waals surface area contributed by atoms with E-state index in [1.807, 2.05) is 6.92 Å². The third kappa shape index (κ3) is 4.03.